The van der Waals surface area contributed by atoms with Gasteiger partial charge < -0.3 is 15.7 Å². The summed E-state index contributed by atoms with van der Waals surface area (Å²) in [5, 5.41) is 15.7. The van der Waals surface area contributed by atoms with E-state index in [2.05, 4.69) is 17.6 Å². The van der Waals surface area contributed by atoms with Crippen LogP contribution in [-0.2, 0) is 0 Å². The summed E-state index contributed by atoms with van der Waals surface area (Å²) in [6.07, 6.45) is 5.03. The highest BCUT2D eigenvalue weighted by molar-refractivity contribution is 5.74. The number of rotatable bonds is 6. The van der Waals surface area contributed by atoms with Crippen LogP contribution in [0.15, 0.2) is 0 Å². The number of amides is 2. The fraction of sp³-hybridized carbons (Fsp3) is 0.923. The van der Waals surface area contributed by atoms with Gasteiger partial charge in [0.05, 0.1) is 5.60 Å². The minimum atomic E-state index is -0.767. The number of aliphatic hydroxyl groups is 1. The van der Waals surface area contributed by atoms with Crippen LogP contribution in [0.2, 0.25) is 0 Å². The molecule has 1 saturated carbocycles. The van der Waals surface area contributed by atoms with Gasteiger partial charge in [0.2, 0.25) is 0 Å². The first-order valence-corrected chi connectivity index (χ1v) is 6.77. The Kier molecular flexibility index (Phi) is 5.25. The second-order valence-electron chi connectivity index (χ2n) is 5.24. The molecule has 2 amide bonds. The van der Waals surface area contributed by atoms with Crippen molar-refractivity contribution in [3.8, 4) is 0 Å². The molecule has 1 fully saturated rings. The van der Waals surface area contributed by atoms with Crippen molar-refractivity contribution in [1.29, 1.82) is 0 Å². The van der Waals surface area contributed by atoms with E-state index in [1.165, 1.54) is 19.3 Å². The predicted octanol–water partition coefficient (Wildman–Crippen LogP) is 2.03. The maximum absolute atomic E-state index is 11.6. The van der Waals surface area contributed by atoms with Crippen LogP contribution in [0, 0.1) is 5.92 Å². The molecule has 1 aliphatic rings. The lowest BCUT2D eigenvalue weighted by Gasteiger charge is -2.32. The van der Waals surface area contributed by atoms with Gasteiger partial charge in [0, 0.05) is 12.6 Å². The van der Waals surface area contributed by atoms with E-state index in [1.54, 1.807) is 0 Å². The molecule has 0 aliphatic heterocycles. The Morgan fingerprint density at radius 3 is 2.41 bits per heavy atom. The van der Waals surface area contributed by atoms with E-state index in [0.29, 0.717) is 25.3 Å². The Morgan fingerprint density at radius 1 is 1.41 bits per heavy atom. The number of hydrogen-bond acceptors (Lipinski definition) is 2. The lowest BCUT2D eigenvalue weighted by atomic mass is 9.80. The Morgan fingerprint density at radius 2 is 2.00 bits per heavy atom. The minimum absolute atomic E-state index is 0.162. The van der Waals surface area contributed by atoms with E-state index in [4.69, 9.17) is 0 Å². The second kappa shape index (κ2) is 6.24. The quantitative estimate of drug-likeness (QED) is 0.667. The van der Waals surface area contributed by atoms with Gasteiger partial charge in [0.1, 0.15) is 0 Å². The van der Waals surface area contributed by atoms with E-state index in [-0.39, 0.29) is 12.1 Å². The molecule has 0 spiro atoms. The van der Waals surface area contributed by atoms with Crippen LogP contribution in [-0.4, -0.2) is 29.3 Å². The number of carbonyl (C=O) groups excluding carboxylic acids is 1. The molecule has 3 N–H and O–H groups in total. The zero-order chi connectivity index (χ0) is 12.9. The summed E-state index contributed by atoms with van der Waals surface area (Å²) in [6.45, 7) is 6.23. The molecule has 0 aromatic heterocycles. The highest BCUT2D eigenvalue weighted by atomic mass is 16.3. The van der Waals surface area contributed by atoms with Crippen molar-refractivity contribution in [2.24, 2.45) is 5.92 Å². The largest absolute Gasteiger partial charge is 0.388 e. The van der Waals surface area contributed by atoms with Crippen molar-refractivity contribution in [2.45, 2.75) is 64.5 Å². The van der Waals surface area contributed by atoms with Gasteiger partial charge in [0.15, 0.2) is 0 Å². The molecule has 4 nitrogen and oxygen atoms in total. The second-order valence-corrected chi connectivity index (χ2v) is 5.24. The Balaban J connectivity index is 2.24. The lowest BCUT2D eigenvalue weighted by Crippen LogP contribution is -2.50. The molecule has 0 aromatic carbocycles. The van der Waals surface area contributed by atoms with Gasteiger partial charge in [-0.15, -0.1) is 0 Å². The van der Waals surface area contributed by atoms with Gasteiger partial charge in [-0.1, -0.05) is 20.3 Å². The van der Waals surface area contributed by atoms with Gasteiger partial charge in [-0.2, -0.15) is 0 Å². The molecule has 1 rings (SSSR count). The Hall–Kier alpha value is -0.770. The molecule has 17 heavy (non-hydrogen) atoms. The first kappa shape index (κ1) is 14.3. The monoisotopic (exact) mass is 242 g/mol. The third kappa shape index (κ3) is 4.19. The van der Waals surface area contributed by atoms with Crippen molar-refractivity contribution >= 4 is 6.03 Å². The first-order chi connectivity index (χ1) is 8.00. The van der Waals surface area contributed by atoms with Crippen LogP contribution in [0.4, 0.5) is 4.79 Å². The van der Waals surface area contributed by atoms with E-state index in [1.807, 2.05) is 13.8 Å². The van der Waals surface area contributed by atoms with Crippen molar-refractivity contribution in [3.63, 3.8) is 0 Å². The van der Waals surface area contributed by atoms with Crippen LogP contribution in [0.3, 0.4) is 0 Å². The Bertz CT molecular complexity index is 248. The molecule has 4 heteroatoms. The summed E-state index contributed by atoms with van der Waals surface area (Å²) in [6, 6.07) is 0.0739. The fourth-order valence-electron chi connectivity index (χ4n) is 2.06. The molecular weight excluding hydrogens is 216 g/mol. The summed E-state index contributed by atoms with van der Waals surface area (Å²) in [5.41, 5.74) is -0.767. The Labute approximate surface area is 104 Å². The van der Waals surface area contributed by atoms with Gasteiger partial charge in [0.25, 0.3) is 0 Å². The van der Waals surface area contributed by atoms with Gasteiger partial charge >= 0.3 is 6.03 Å². The average Bonchev–Trinajstić information content (AvgIpc) is 2.23. The lowest BCUT2D eigenvalue weighted by molar-refractivity contribution is 0.0347. The van der Waals surface area contributed by atoms with E-state index in [0.717, 1.165) is 0 Å². The summed E-state index contributed by atoms with van der Waals surface area (Å²) in [7, 11) is 0. The number of carbonyl (C=O) groups is 1. The van der Waals surface area contributed by atoms with Crippen molar-refractivity contribution < 1.29 is 9.90 Å². The molecule has 0 radical (unpaired) electrons. The molecule has 0 aromatic rings. The molecule has 0 heterocycles. The van der Waals surface area contributed by atoms with Gasteiger partial charge in [-0.3, -0.25) is 0 Å². The summed E-state index contributed by atoms with van der Waals surface area (Å²) in [4.78, 5) is 11.6. The third-order valence-corrected chi connectivity index (χ3v) is 4.11. The molecule has 0 saturated heterocycles. The normalized spacial score (nSPS) is 18.4. The molecule has 0 bridgehead atoms. The summed E-state index contributed by atoms with van der Waals surface area (Å²) >= 11 is 0. The smallest absolute Gasteiger partial charge is 0.315 e. The first-order valence-electron chi connectivity index (χ1n) is 6.77. The minimum Gasteiger partial charge on any atom is -0.388 e. The van der Waals surface area contributed by atoms with Crippen LogP contribution in [0.1, 0.15) is 52.9 Å². The predicted molar refractivity (Wildman–Crippen MR) is 68.9 cm³/mol. The van der Waals surface area contributed by atoms with Crippen LogP contribution in [0.5, 0.6) is 0 Å². The van der Waals surface area contributed by atoms with Crippen LogP contribution < -0.4 is 10.6 Å². The number of hydrogen-bond donors (Lipinski definition) is 3. The van der Waals surface area contributed by atoms with Gasteiger partial charge in [-0.25, -0.2) is 4.79 Å². The van der Waals surface area contributed by atoms with E-state index >= 15 is 0 Å². The summed E-state index contributed by atoms with van der Waals surface area (Å²) in [5.74, 6) is 0.636. The average molecular weight is 242 g/mol. The molecule has 1 aliphatic carbocycles. The van der Waals surface area contributed by atoms with Crippen LogP contribution >= 0.6 is 0 Å². The highest BCUT2D eigenvalue weighted by Crippen LogP contribution is 2.29. The SMILES string of the molecule is CCC(O)(CC)CNC(=O)NC(C)C1CCC1. The van der Waals surface area contributed by atoms with Gasteiger partial charge in [-0.05, 0) is 38.5 Å². The standard InChI is InChI=1S/C13H26N2O2/c1-4-13(17,5-2)9-14-12(16)15-10(3)11-7-6-8-11/h10-11,17H,4-9H2,1-3H3,(H2,14,15,16). The fourth-order valence-corrected chi connectivity index (χ4v) is 2.06. The third-order valence-electron chi connectivity index (χ3n) is 4.11. The molecule has 100 valence electrons. The maximum atomic E-state index is 11.6. The molecule has 1 atom stereocenters. The van der Waals surface area contributed by atoms with Crippen molar-refractivity contribution in [3.05, 3.63) is 0 Å². The maximum Gasteiger partial charge on any atom is 0.315 e. The zero-order valence-corrected chi connectivity index (χ0v) is 11.3. The zero-order valence-electron chi connectivity index (χ0n) is 11.3. The molecular formula is C13H26N2O2. The van der Waals surface area contributed by atoms with E-state index < -0.39 is 5.60 Å². The van der Waals surface area contributed by atoms with Crippen molar-refractivity contribution in [2.75, 3.05) is 6.54 Å². The topological polar surface area (TPSA) is 61.4 Å². The number of urea groups is 1. The van der Waals surface area contributed by atoms with E-state index in [9.17, 15) is 9.90 Å². The highest BCUT2D eigenvalue weighted by Gasteiger charge is 2.26. The van der Waals surface area contributed by atoms with Crippen LogP contribution in [0.25, 0.3) is 0 Å². The molecule has 1 unspecified atom stereocenters. The summed E-state index contributed by atoms with van der Waals surface area (Å²) < 4.78 is 0. The van der Waals surface area contributed by atoms with Crippen molar-refractivity contribution in [1.82, 2.24) is 10.6 Å². The number of nitrogens with one attached hydrogen (secondary N) is 2.